The lowest BCUT2D eigenvalue weighted by atomic mass is 12.0. The minimum Gasteiger partial charge on any atom is -0.412 e. The Morgan fingerprint density at radius 3 is 0.750 bits per heavy atom. The van der Waals surface area contributed by atoms with E-state index in [1.165, 1.54) is 0 Å². The lowest BCUT2D eigenvalue weighted by Crippen LogP contribution is -1.88. The third-order valence-electron chi connectivity index (χ3n) is 0. The molecule has 8 nitrogen and oxygen atoms in total. The van der Waals surface area contributed by atoms with Gasteiger partial charge >= 0.3 is 0 Å². The number of hydrogen-bond donors (Lipinski definition) is 2. The quantitative estimate of drug-likeness (QED) is 0.428. The molecule has 0 bridgehead atoms. The fourth-order valence-electron chi connectivity index (χ4n) is 0. The van der Waals surface area contributed by atoms with Crippen LogP contribution in [0.1, 0.15) is 0 Å². The largest absolute Gasteiger partial charge is 0.412 e. The molecule has 0 amide bonds. The normalized spacial score (nSPS) is 9.67. The number of rotatable bonds is 0. The zero-order valence-corrected chi connectivity index (χ0v) is 7.98. The van der Waals surface area contributed by atoms with Crippen molar-refractivity contribution in [2.24, 2.45) is 0 Å². The molecule has 0 unspecified atom stereocenters. The monoisotopic (exact) mass is 228 g/mol. The van der Waals surface area contributed by atoms with Crippen molar-refractivity contribution >= 4 is 20.2 Å². The summed E-state index contributed by atoms with van der Waals surface area (Å²) in [5, 5.41) is 0. The van der Waals surface area contributed by atoms with Crippen molar-refractivity contribution in [3.8, 4) is 0 Å². The second-order valence-corrected chi connectivity index (χ2v) is 4.40. The summed E-state index contributed by atoms with van der Waals surface area (Å²) in [6.07, 6.45) is 1.43. The van der Waals surface area contributed by atoms with Crippen LogP contribution in [0.4, 0.5) is 0 Å². The van der Waals surface area contributed by atoms with Gasteiger partial charge in [-0.05, 0) is 0 Å². The van der Waals surface area contributed by atoms with Crippen molar-refractivity contribution in [3.63, 3.8) is 0 Å². The molecule has 0 aliphatic carbocycles. The summed E-state index contributed by atoms with van der Waals surface area (Å²) in [6, 6.07) is 0. The average Bonchev–Trinajstić information content (AvgIpc) is 1.12. The molecule has 0 rings (SSSR count). The van der Waals surface area contributed by atoms with E-state index in [-0.39, 0.29) is 11.0 Å². The van der Waals surface area contributed by atoms with E-state index in [1.807, 2.05) is 0 Å². The summed E-state index contributed by atoms with van der Waals surface area (Å²) in [5.74, 6) is 0. The van der Waals surface area contributed by atoms with Crippen molar-refractivity contribution in [2.75, 3.05) is 12.5 Å². The topological polar surface area (TPSA) is 172 Å². The molecule has 0 aliphatic rings. The van der Waals surface area contributed by atoms with E-state index in [0.29, 0.717) is 12.5 Å². The van der Waals surface area contributed by atoms with E-state index in [0.717, 1.165) is 0 Å². The molecule has 12 heavy (non-hydrogen) atoms. The van der Waals surface area contributed by atoms with Crippen LogP contribution in [0.3, 0.4) is 0 Å². The van der Waals surface area contributed by atoms with Gasteiger partial charge in [0.1, 0.15) is 0 Å². The Labute approximate surface area is 70.3 Å². The highest BCUT2D eigenvalue weighted by molar-refractivity contribution is 7.85. The summed E-state index contributed by atoms with van der Waals surface area (Å²) in [7, 11) is -7.33. The molecular formula is C2H12O8S2. The predicted octanol–water partition coefficient (Wildman–Crippen LogP) is -2.64. The van der Waals surface area contributed by atoms with Crippen LogP contribution in [0.5, 0.6) is 0 Å². The Bertz CT molecular complexity index is 211. The summed E-state index contributed by atoms with van der Waals surface area (Å²) in [5.41, 5.74) is 0. The van der Waals surface area contributed by atoms with Gasteiger partial charge in [0.25, 0.3) is 20.2 Å². The van der Waals surface area contributed by atoms with Gasteiger partial charge in [-0.1, -0.05) is 0 Å². The molecule has 0 heterocycles. The van der Waals surface area contributed by atoms with E-state index < -0.39 is 20.2 Å². The van der Waals surface area contributed by atoms with Gasteiger partial charge in [-0.2, -0.15) is 16.8 Å². The zero-order valence-electron chi connectivity index (χ0n) is 6.34. The van der Waals surface area contributed by atoms with Gasteiger partial charge in [0.05, 0.1) is 12.5 Å². The van der Waals surface area contributed by atoms with Gasteiger partial charge in [0.2, 0.25) is 0 Å². The summed E-state index contributed by atoms with van der Waals surface area (Å²) < 4.78 is 51.7. The van der Waals surface area contributed by atoms with Crippen molar-refractivity contribution in [2.45, 2.75) is 0 Å². The van der Waals surface area contributed by atoms with E-state index >= 15 is 0 Å². The van der Waals surface area contributed by atoms with E-state index in [1.54, 1.807) is 0 Å². The third kappa shape index (κ3) is 11000. The molecular weight excluding hydrogens is 216 g/mol. The fraction of sp³-hybridized carbons (Fsp3) is 1.00. The summed E-state index contributed by atoms with van der Waals surface area (Å²) in [4.78, 5) is 0. The SMILES string of the molecule is CS(=O)(=O)O.CS(=O)(=O)O.O.O. The molecule has 0 saturated carbocycles. The molecule has 0 aliphatic heterocycles. The van der Waals surface area contributed by atoms with Crippen molar-refractivity contribution < 1.29 is 36.9 Å². The molecule has 0 aromatic carbocycles. The molecule has 0 fully saturated rings. The van der Waals surface area contributed by atoms with Crippen LogP contribution in [-0.4, -0.2) is 49.4 Å². The first-order valence-corrected chi connectivity index (χ1v) is 5.54. The minimum absolute atomic E-state index is 0. The molecule has 0 aromatic heterocycles. The van der Waals surface area contributed by atoms with Crippen LogP contribution in [0, 0.1) is 0 Å². The van der Waals surface area contributed by atoms with Crippen molar-refractivity contribution in [1.82, 2.24) is 0 Å². The van der Waals surface area contributed by atoms with E-state index in [9.17, 15) is 16.8 Å². The minimum atomic E-state index is -3.67. The first-order valence-electron chi connectivity index (χ1n) is 1.85. The molecule has 80 valence electrons. The molecule has 10 heteroatoms. The van der Waals surface area contributed by atoms with Gasteiger partial charge in [0, 0.05) is 0 Å². The standard InChI is InChI=1S/2CH4O3S.2H2O/c2*1-5(2,3)4;;/h2*1H3,(H,2,3,4);2*1H2. The van der Waals surface area contributed by atoms with E-state index in [2.05, 4.69) is 0 Å². The Balaban J connectivity index is -0.0000000457. The highest BCUT2D eigenvalue weighted by Crippen LogP contribution is 1.60. The molecule has 0 saturated heterocycles. The fourth-order valence-corrected chi connectivity index (χ4v) is 0. The second kappa shape index (κ2) is 7.39. The van der Waals surface area contributed by atoms with Crippen LogP contribution in [0.15, 0.2) is 0 Å². The highest BCUT2D eigenvalue weighted by Gasteiger charge is 1.81. The summed E-state index contributed by atoms with van der Waals surface area (Å²) in [6.45, 7) is 0. The second-order valence-electron chi connectivity index (χ2n) is 1.47. The van der Waals surface area contributed by atoms with Crippen LogP contribution in [0.25, 0.3) is 0 Å². The van der Waals surface area contributed by atoms with Gasteiger partial charge in [-0.15, -0.1) is 0 Å². The van der Waals surface area contributed by atoms with E-state index in [4.69, 9.17) is 9.11 Å². The maximum absolute atomic E-state index is 9.19. The van der Waals surface area contributed by atoms with Gasteiger partial charge in [-0.3, -0.25) is 9.11 Å². The lowest BCUT2D eigenvalue weighted by molar-refractivity contribution is 0.488. The Kier molecular flexibility index (Phi) is 13.9. The van der Waals surface area contributed by atoms with Crippen LogP contribution in [0.2, 0.25) is 0 Å². The Morgan fingerprint density at radius 2 is 0.750 bits per heavy atom. The third-order valence-corrected chi connectivity index (χ3v) is 0. The molecule has 0 aromatic rings. The maximum atomic E-state index is 9.19. The molecule has 0 spiro atoms. The van der Waals surface area contributed by atoms with Gasteiger partial charge < -0.3 is 11.0 Å². The first-order chi connectivity index (χ1) is 4.00. The maximum Gasteiger partial charge on any atom is 0.261 e. The van der Waals surface area contributed by atoms with Crippen molar-refractivity contribution in [1.29, 1.82) is 0 Å². The number of hydrogen-bond acceptors (Lipinski definition) is 4. The highest BCUT2D eigenvalue weighted by atomic mass is 32.2. The van der Waals surface area contributed by atoms with Crippen LogP contribution in [-0.2, 0) is 20.2 Å². The van der Waals surface area contributed by atoms with Gasteiger partial charge in [-0.25, -0.2) is 0 Å². The van der Waals surface area contributed by atoms with Crippen LogP contribution < -0.4 is 0 Å². The van der Waals surface area contributed by atoms with Gasteiger partial charge in [0.15, 0.2) is 0 Å². The smallest absolute Gasteiger partial charge is 0.261 e. The summed E-state index contributed by atoms with van der Waals surface area (Å²) >= 11 is 0. The Hall–Kier alpha value is -0.260. The van der Waals surface area contributed by atoms with Crippen molar-refractivity contribution in [3.05, 3.63) is 0 Å². The van der Waals surface area contributed by atoms with Crippen LogP contribution >= 0.6 is 0 Å². The molecule has 0 radical (unpaired) electrons. The Morgan fingerprint density at radius 1 is 0.750 bits per heavy atom. The first kappa shape index (κ1) is 22.6. The molecule has 0 atom stereocenters. The average molecular weight is 228 g/mol. The lowest BCUT2D eigenvalue weighted by Gasteiger charge is -1.69. The zero-order chi connectivity index (χ0) is 9.00. The predicted molar refractivity (Wildman–Crippen MR) is 42.2 cm³/mol. The molecule has 6 N–H and O–H groups in total.